The molecule has 0 bridgehead atoms. The van der Waals surface area contributed by atoms with Crippen molar-refractivity contribution in [1.82, 2.24) is 20.0 Å². The third-order valence-electron chi connectivity index (χ3n) is 3.67. The molecule has 0 amide bonds. The quantitative estimate of drug-likeness (QED) is 0.559. The van der Waals surface area contributed by atoms with Crippen LogP contribution in [0.1, 0.15) is 39.7 Å². The Kier molecular flexibility index (Phi) is 8.69. The van der Waals surface area contributed by atoms with Crippen molar-refractivity contribution in [2.45, 2.75) is 46.8 Å². The number of aliphatic imine (C=N–C) groups is 1. The summed E-state index contributed by atoms with van der Waals surface area (Å²) in [4.78, 5) is 6.88. The lowest BCUT2D eigenvalue weighted by Gasteiger charge is -2.23. The summed E-state index contributed by atoms with van der Waals surface area (Å²) < 4.78 is 7.61. The zero-order valence-corrected chi connectivity index (χ0v) is 15.5. The van der Waals surface area contributed by atoms with Crippen molar-refractivity contribution in [3.63, 3.8) is 0 Å². The van der Waals surface area contributed by atoms with Gasteiger partial charge in [0.2, 0.25) is 0 Å². The van der Waals surface area contributed by atoms with Gasteiger partial charge >= 0.3 is 0 Å². The van der Waals surface area contributed by atoms with Crippen LogP contribution in [0.25, 0.3) is 0 Å². The van der Waals surface area contributed by atoms with Crippen molar-refractivity contribution < 1.29 is 4.74 Å². The van der Waals surface area contributed by atoms with Gasteiger partial charge in [0, 0.05) is 52.1 Å². The first-order chi connectivity index (χ1) is 11.0. The summed E-state index contributed by atoms with van der Waals surface area (Å²) in [7, 11) is 3.99. The molecule has 0 aliphatic carbocycles. The highest BCUT2D eigenvalue weighted by molar-refractivity contribution is 5.79. The highest BCUT2D eigenvalue weighted by Gasteiger charge is 2.13. The molecule has 1 atom stereocenters. The second kappa shape index (κ2) is 10.3. The minimum Gasteiger partial charge on any atom is -0.378 e. The maximum absolute atomic E-state index is 5.79. The number of nitrogens with zero attached hydrogens (tertiary/aromatic N) is 4. The Balaban J connectivity index is 2.60. The van der Waals surface area contributed by atoms with Crippen molar-refractivity contribution >= 4 is 5.96 Å². The number of aryl methyl sites for hydroxylation is 1. The van der Waals surface area contributed by atoms with Gasteiger partial charge < -0.3 is 15.0 Å². The Bertz CT molecular complexity index is 469. The topological polar surface area (TPSA) is 54.7 Å². The van der Waals surface area contributed by atoms with Crippen LogP contribution in [0.3, 0.4) is 0 Å². The van der Waals surface area contributed by atoms with Crippen LogP contribution in [-0.4, -0.2) is 53.5 Å². The standard InChI is InChI=1S/C17H33N5O/c1-7-18-17(19-10-9-16(14(3)4)23-8-2)21(5)12-15-11-20-22(6)13-15/h11,13-14,16H,7-10,12H2,1-6H3,(H,18,19). The lowest BCUT2D eigenvalue weighted by molar-refractivity contribution is 0.0266. The zero-order valence-electron chi connectivity index (χ0n) is 15.5. The van der Waals surface area contributed by atoms with Crippen molar-refractivity contribution in [3.8, 4) is 0 Å². The number of guanidine groups is 1. The highest BCUT2D eigenvalue weighted by Crippen LogP contribution is 2.11. The van der Waals surface area contributed by atoms with Gasteiger partial charge in [-0.3, -0.25) is 9.67 Å². The summed E-state index contributed by atoms with van der Waals surface area (Å²) in [5, 5.41) is 7.57. The first-order valence-electron chi connectivity index (χ1n) is 8.56. The van der Waals surface area contributed by atoms with E-state index >= 15 is 0 Å². The maximum atomic E-state index is 5.79. The van der Waals surface area contributed by atoms with E-state index in [0.717, 1.165) is 38.6 Å². The Morgan fingerprint density at radius 2 is 2.17 bits per heavy atom. The average molecular weight is 323 g/mol. The largest absolute Gasteiger partial charge is 0.378 e. The molecule has 0 aromatic carbocycles. The summed E-state index contributed by atoms with van der Waals surface area (Å²) >= 11 is 0. The Labute approximate surface area is 140 Å². The van der Waals surface area contributed by atoms with Crippen molar-refractivity contribution in [2.24, 2.45) is 18.0 Å². The number of hydrogen-bond donors (Lipinski definition) is 1. The van der Waals surface area contributed by atoms with Gasteiger partial charge in [-0.25, -0.2) is 0 Å². The van der Waals surface area contributed by atoms with Crippen LogP contribution in [0.4, 0.5) is 0 Å². The summed E-state index contributed by atoms with van der Waals surface area (Å²) in [5.74, 6) is 1.44. The molecule has 0 radical (unpaired) electrons. The van der Waals surface area contributed by atoms with Gasteiger partial charge in [0.05, 0.1) is 12.3 Å². The molecule has 1 N–H and O–H groups in total. The molecule has 0 spiro atoms. The van der Waals surface area contributed by atoms with Crippen LogP contribution < -0.4 is 5.32 Å². The lowest BCUT2D eigenvalue weighted by atomic mass is 10.0. The molecule has 0 saturated heterocycles. The third kappa shape index (κ3) is 7.03. The monoisotopic (exact) mass is 323 g/mol. The van der Waals surface area contributed by atoms with E-state index in [0.29, 0.717) is 5.92 Å². The molecule has 132 valence electrons. The van der Waals surface area contributed by atoms with E-state index in [-0.39, 0.29) is 6.10 Å². The predicted molar refractivity (Wildman–Crippen MR) is 95.5 cm³/mol. The van der Waals surface area contributed by atoms with Crippen molar-refractivity contribution in [2.75, 3.05) is 26.7 Å². The van der Waals surface area contributed by atoms with Crippen LogP contribution in [0.15, 0.2) is 17.4 Å². The first-order valence-corrected chi connectivity index (χ1v) is 8.56. The first kappa shape index (κ1) is 19.5. The molecule has 1 rings (SSSR count). The fourth-order valence-corrected chi connectivity index (χ4v) is 2.49. The van der Waals surface area contributed by atoms with E-state index in [1.54, 1.807) is 0 Å². The Hall–Kier alpha value is -1.56. The molecule has 0 aliphatic rings. The summed E-state index contributed by atoms with van der Waals surface area (Å²) in [5.41, 5.74) is 1.18. The maximum Gasteiger partial charge on any atom is 0.193 e. The van der Waals surface area contributed by atoms with E-state index in [9.17, 15) is 0 Å². The molecule has 1 heterocycles. The molecule has 0 aliphatic heterocycles. The molecule has 1 aromatic heterocycles. The van der Waals surface area contributed by atoms with E-state index < -0.39 is 0 Å². The van der Waals surface area contributed by atoms with E-state index in [2.05, 4.69) is 43.1 Å². The van der Waals surface area contributed by atoms with Gasteiger partial charge in [-0.2, -0.15) is 5.10 Å². The van der Waals surface area contributed by atoms with Crippen LogP contribution in [0.2, 0.25) is 0 Å². The second-order valence-electron chi connectivity index (χ2n) is 6.14. The molecule has 23 heavy (non-hydrogen) atoms. The molecule has 0 saturated carbocycles. The minimum absolute atomic E-state index is 0.273. The lowest BCUT2D eigenvalue weighted by Crippen LogP contribution is -2.38. The number of nitrogens with one attached hydrogen (secondary N) is 1. The number of rotatable bonds is 9. The number of hydrogen-bond acceptors (Lipinski definition) is 3. The molecule has 6 heteroatoms. The molecule has 0 fully saturated rings. The predicted octanol–water partition coefficient (Wildman–Crippen LogP) is 2.27. The van der Waals surface area contributed by atoms with Gasteiger partial charge in [0.15, 0.2) is 5.96 Å². The smallest absolute Gasteiger partial charge is 0.193 e. The van der Waals surface area contributed by atoms with E-state index in [4.69, 9.17) is 9.73 Å². The molecular weight excluding hydrogens is 290 g/mol. The van der Waals surface area contributed by atoms with Crippen LogP contribution in [-0.2, 0) is 18.3 Å². The normalized spacial score (nSPS) is 13.4. The van der Waals surface area contributed by atoms with Crippen molar-refractivity contribution in [1.29, 1.82) is 0 Å². The number of aromatic nitrogens is 2. The summed E-state index contributed by atoms with van der Waals surface area (Å²) in [6.45, 7) is 11.7. The van der Waals surface area contributed by atoms with Gasteiger partial charge in [-0.1, -0.05) is 13.8 Å². The van der Waals surface area contributed by atoms with Gasteiger partial charge in [0.25, 0.3) is 0 Å². The van der Waals surface area contributed by atoms with Crippen molar-refractivity contribution in [3.05, 3.63) is 18.0 Å². The van der Waals surface area contributed by atoms with Gasteiger partial charge in [-0.15, -0.1) is 0 Å². The van der Waals surface area contributed by atoms with Gasteiger partial charge in [-0.05, 0) is 26.2 Å². The minimum atomic E-state index is 0.273. The highest BCUT2D eigenvalue weighted by atomic mass is 16.5. The summed E-state index contributed by atoms with van der Waals surface area (Å²) in [6.07, 6.45) is 5.14. The second-order valence-corrected chi connectivity index (χ2v) is 6.14. The zero-order chi connectivity index (χ0) is 17.2. The number of ether oxygens (including phenoxy) is 1. The fourth-order valence-electron chi connectivity index (χ4n) is 2.49. The van der Waals surface area contributed by atoms with E-state index in [1.807, 2.05) is 31.0 Å². The molecule has 1 unspecified atom stereocenters. The fraction of sp³-hybridized carbons (Fsp3) is 0.765. The molecule has 6 nitrogen and oxygen atoms in total. The Morgan fingerprint density at radius 3 is 2.70 bits per heavy atom. The van der Waals surface area contributed by atoms with E-state index in [1.165, 1.54) is 5.56 Å². The molecular formula is C17H33N5O. The average Bonchev–Trinajstić information content (AvgIpc) is 2.90. The van der Waals surface area contributed by atoms with Crippen LogP contribution in [0, 0.1) is 5.92 Å². The summed E-state index contributed by atoms with van der Waals surface area (Å²) in [6, 6.07) is 0. The third-order valence-corrected chi connectivity index (χ3v) is 3.67. The van der Waals surface area contributed by atoms with Crippen LogP contribution in [0.5, 0.6) is 0 Å². The Morgan fingerprint density at radius 1 is 1.43 bits per heavy atom. The SMILES string of the molecule is CCNC(=NCCC(OCC)C(C)C)N(C)Cc1cnn(C)c1. The molecule has 1 aromatic rings. The van der Waals surface area contributed by atoms with Crippen LogP contribution >= 0.6 is 0 Å². The van der Waals surface area contributed by atoms with Gasteiger partial charge in [0.1, 0.15) is 0 Å².